The molecule has 0 N–H and O–H groups in total. The third kappa shape index (κ3) is 24.1. The first-order chi connectivity index (χ1) is 14.3. The SMILES string of the molecule is [CH2]CN(CCCCCCCCCCCCC)CCCCCCCCCCCCC. The molecule has 1 nitrogen and oxygen atoms in total. The van der Waals surface area contributed by atoms with E-state index >= 15 is 0 Å². The number of nitrogens with zero attached hydrogens (tertiary/aromatic N) is 1. The molecule has 1 heteroatoms. The topological polar surface area (TPSA) is 3.24 Å². The third-order valence-electron chi connectivity index (χ3n) is 6.47. The summed E-state index contributed by atoms with van der Waals surface area (Å²) in [5, 5.41) is 0. The van der Waals surface area contributed by atoms with Crippen LogP contribution in [0.1, 0.15) is 155 Å². The second kappa shape index (κ2) is 26.0. The minimum Gasteiger partial charge on any atom is -0.303 e. The molecule has 0 aliphatic heterocycles. The molecule has 0 bridgehead atoms. The van der Waals surface area contributed by atoms with Gasteiger partial charge in [0.2, 0.25) is 0 Å². The molecule has 0 rings (SSSR count). The van der Waals surface area contributed by atoms with E-state index in [1.807, 2.05) is 0 Å². The van der Waals surface area contributed by atoms with Gasteiger partial charge in [-0.05, 0) is 39.4 Å². The number of rotatable bonds is 25. The van der Waals surface area contributed by atoms with Gasteiger partial charge in [0, 0.05) is 0 Å². The molecule has 0 heterocycles. The Bertz CT molecular complexity index is 249. The van der Waals surface area contributed by atoms with Gasteiger partial charge in [-0.1, -0.05) is 142 Å². The van der Waals surface area contributed by atoms with Crippen LogP contribution in [-0.2, 0) is 0 Å². The Labute approximate surface area is 186 Å². The van der Waals surface area contributed by atoms with Crippen molar-refractivity contribution in [3.8, 4) is 0 Å². The van der Waals surface area contributed by atoms with Crippen LogP contribution >= 0.6 is 0 Å². The monoisotopic (exact) mass is 408 g/mol. The van der Waals surface area contributed by atoms with Gasteiger partial charge in [0.25, 0.3) is 0 Å². The van der Waals surface area contributed by atoms with Gasteiger partial charge >= 0.3 is 0 Å². The van der Waals surface area contributed by atoms with E-state index in [1.165, 1.54) is 154 Å². The van der Waals surface area contributed by atoms with Crippen molar-refractivity contribution in [2.75, 3.05) is 19.6 Å². The Hall–Kier alpha value is -0.0400. The molecule has 0 fully saturated rings. The molecule has 0 aromatic rings. The third-order valence-corrected chi connectivity index (χ3v) is 6.47. The van der Waals surface area contributed by atoms with Gasteiger partial charge in [-0.2, -0.15) is 0 Å². The molecule has 1 radical (unpaired) electrons. The average Bonchev–Trinajstić information content (AvgIpc) is 2.74. The molecular weight excluding hydrogens is 350 g/mol. The average molecular weight is 409 g/mol. The van der Waals surface area contributed by atoms with Crippen LogP contribution in [0.3, 0.4) is 0 Å². The van der Waals surface area contributed by atoms with Gasteiger partial charge in [0.1, 0.15) is 0 Å². The summed E-state index contributed by atoms with van der Waals surface area (Å²) in [6, 6.07) is 0. The standard InChI is InChI=1S/C28H58N/c1-4-7-9-11-13-15-17-19-21-23-25-27-29(6-3)28-26-24-22-20-18-16-14-12-10-8-5-2/h3-28H2,1-2H3. The van der Waals surface area contributed by atoms with E-state index in [9.17, 15) is 0 Å². The minimum absolute atomic E-state index is 0.996. The van der Waals surface area contributed by atoms with E-state index in [2.05, 4.69) is 25.7 Å². The van der Waals surface area contributed by atoms with E-state index in [4.69, 9.17) is 0 Å². The summed E-state index contributed by atoms with van der Waals surface area (Å²) in [4.78, 5) is 2.58. The zero-order chi connectivity index (χ0) is 21.3. The van der Waals surface area contributed by atoms with Gasteiger partial charge in [-0.25, -0.2) is 0 Å². The van der Waals surface area contributed by atoms with Crippen molar-refractivity contribution >= 4 is 0 Å². The van der Waals surface area contributed by atoms with Crippen molar-refractivity contribution in [1.29, 1.82) is 0 Å². The van der Waals surface area contributed by atoms with Crippen LogP contribution in [0.2, 0.25) is 0 Å². The molecular formula is C28H58N. The molecule has 0 spiro atoms. The second-order valence-corrected chi connectivity index (χ2v) is 9.41. The molecule has 0 aromatic heterocycles. The maximum atomic E-state index is 4.15. The van der Waals surface area contributed by atoms with Crippen LogP contribution in [0.4, 0.5) is 0 Å². The molecule has 0 atom stereocenters. The molecule has 0 saturated heterocycles. The Morgan fingerprint density at radius 2 is 0.621 bits per heavy atom. The Morgan fingerprint density at radius 1 is 0.379 bits per heavy atom. The van der Waals surface area contributed by atoms with Crippen molar-refractivity contribution in [3.63, 3.8) is 0 Å². The maximum Gasteiger partial charge on any atom is -0.00183 e. The van der Waals surface area contributed by atoms with E-state index in [0.717, 1.165) is 6.54 Å². The summed E-state index contributed by atoms with van der Waals surface area (Å²) in [5.41, 5.74) is 0. The summed E-state index contributed by atoms with van der Waals surface area (Å²) in [7, 11) is 0. The highest BCUT2D eigenvalue weighted by atomic mass is 15.1. The zero-order valence-electron chi connectivity index (χ0n) is 20.8. The van der Waals surface area contributed by atoms with Gasteiger partial charge in [0.05, 0.1) is 0 Å². The van der Waals surface area contributed by atoms with Crippen LogP contribution in [0.15, 0.2) is 0 Å². The van der Waals surface area contributed by atoms with E-state index in [0.29, 0.717) is 0 Å². The molecule has 0 aromatic carbocycles. The molecule has 0 unspecified atom stereocenters. The fourth-order valence-electron chi connectivity index (χ4n) is 4.33. The molecule has 0 saturated carbocycles. The highest BCUT2D eigenvalue weighted by Crippen LogP contribution is 2.13. The normalized spacial score (nSPS) is 11.6. The predicted octanol–water partition coefficient (Wildman–Crippen LogP) is 9.74. The highest BCUT2D eigenvalue weighted by Gasteiger charge is 2.02. The quantitative estimate of drug-likeness (QED) is 0.136. The van der Waals surface area contributed by atoms with Crippen molar-refractivity contribution in [2.24, 2.45) is 0 Å². The van der Waals surface area contributed by atoms with Crippen molar-refractivity contribution < 1.29 is 0 Å². The first-order valence-corrected chi connectivity index (χ1v) is 13.9. The molecule has 175 valence electrons. The number of hydrogen-bond donors (Lipinski definition) is 0. The second-order valence-electron chi connectivity index (χ2n) is 9.41. The van der Waals surface area contributed by atoms with Crippen molar-refractivity contribution in [2.45, 2.75) is 155 Å². The molecule has 29 heavy (non-hydrogen) atoms. The van der Waals surface area contributed by atoms with Gasteiger partial charge in [-0.15, -0.1) is 0 Å². The number of hydrogen-bond acceptors (Lipinski definition) is 1. The molecule has 0 aliphatic carbocycles. The molecule has 0 amide bonds. The van der Waals surface area contributed by atoms with Gasteiger partial charge in [0.15, 0.2) is 0 Å². The smallest absolute Gasteiger partial charge is 0.00183 e. The summed E-state index contributed by atoms with van der Waals surface area (Å²) in [5.74, 6) is 0. The summed E-state index contributed by atoms with van der Waals surface area (Å²) < 4.78 is 0. The fraction of sp³-hybridized carbons (Fsp3) is 0.964. The Morgan fingerprint density at radius 3 is 0.862 bits per heavy atom. The van der Waals surface area contributed by atoms with Crippen LogP contribution in [0.5, 0.6) is 0 Å². The van der Waals surface area contributed by atoms with Gasteiger partial charge in [-0.3, -0.25) is 0 Å². The lowest BCUT2D eigenvalue weighted by molar-refractivity contribution is 0.285. The fourth-order valence-corrected chi connectivity index (χ4v) is 4.33. The lowest BCUT2D eigenvalue weighted by Gasteiger charge is -2.20. The van der Waals surface area contributed by atoms with Crippen molar-refractivity contribution in [1.82, 2.24) is 4.90 Å². The van der Waals surface area contributed by atoms with E-state index < -0.39 is 0 Å². The van der Waals surface area contributed by atoms with Crippen LogP contribution < -0.4 is 0 Å². The first-order valence-electron chi connectivity index (χ1n) is 13.9. The number of unbranched alkanes of at least 4 members (excludes halogenated alkanes) is 20. The van der Waals surface area contributed by atoms with E-state index in [1.54, 1.807) is 0 Å². The summed E-state index contributed by atoms with van der Waals surface area (Å²) >= 11 is 0. The first kappa shape index (κ1) is 29.0. The lowest BCUT2D eigenvalue weighted by atomic mass is 10.1. The lowest BCUT2D eigenvalue weighted by Crippen LogP contribution is -2.25. The van der Waals surface area contributed by atoms with E-state index in [-0.39, 0.29) is 0 Å². The Kier molecular flexibility index (Phi) is 26.0. The predicted molar refractivity (Wildman–Crippen MR) is 135 cm³/mol. The summed E-state index contributed by atoms with van der Waals surface area (Å²) in [6.45, 7) is 12.3. The van der Waals surface area contributed by atoms with Crippen LogP contribution in [-0.4, -0.2) is 24.5 Å². The van der Waals surface area contributed by atoms with Crippen LogP contribution in [0, 0.1) is 6.92 Å². The van der Waals surface area contributed by atoms with Gasteiger partial charge < -0.3 is 4.90 Å². The summed E-state index contributed by atoms with van der Waals surface area (Å²) in [6.07, 6.45) is 31.6. The van der Waals surface area contributed by atoms with Crippen molar-refractivity contribution in [3.05, 3.63) is 6.92 Å². The largest absolute Gasteiger partial charge is 0.303 e. The maximum absolute atomic E-state index is 4.15. The van der Waals surface area contributed by atoms with Crippen LogP contribution in [0.25, 0.3) is 0 Å². The highest BCUT2D eigenvalue weighted by molar-refractivity contribution is 4.60. The Balaban J connectivity index is 3.27. The minimum atomic E-state index is 0.996. The molecule has 0 aliphatic rings. The zero-order valence-corrected chi connectivity index (χ0v) is 20.8.